The molecule has 1 aromatic heterocycles. The van der Waals surface area contributed by atoms with Crippen molar-refractivity contribution >= 4 is 34.6 Å². The summed E-state index contributed by atoms with van der Waals surface area (Å²) in [6.07, 6.45) is -0.528. The molecule has 2 rings (SSSR count). The van der Waals surface area contributed by atoms with Gasteiger partial charge in [-0.05, 0) is 32.9 Å². The van der Waals surface area contributed by atoms with Crippen molar-refractivity contribution < 1.29 is 19.1 Å². The van der Waals surface area contributed by atoms with Gasteiger partial charge in [0.1, 0.15) is 17.4 Å². The molecule has 0 fully saturated rings. The molecular weight excluding hydrogens is 344 g/mol. The van der Waals surface area contributed by atoms with Crippen LogP contribution in [0.4, 0.5) is 4.79 Å². The molecule has 0 saturated carbocycles. The number of ether oxygens (including phenoxy) is 2. The summed E-state index contributed by atoms with van der Waals surface area (Å²) in [6.45, 7) is 5.46. The van der Waals surface area contributed by atoms with E-state index < -0.39 is 17.7 Å². The molecule has 1 aromatic carbocycles. The van der Waals surface area contributed by atoms with Gasteiger partial charge in [0.05, 0.1) is 11.9 Å². The van der Waals surface area contributed by atoms with Gasteiger partial charge in [-0.15, -0.1) is 0 Å². The van der Waals surface area contributed by atoms with Crippen molar-refractivity contribution in [2.24, 2.45) is 0 Å². The van der Waals surface area contributed by atoms with Crippen LogP contribution in [0.3, 0.4) is 0 Å². The van der Waals surface area contributed by atoms with Gasteiger partial charge in [-0.1, -0.05) is 29.8 Å². The van der Waals surface area contributed by atoms with E-state index in [1.54, 1.807) is 20.8 Å². The Morgan fingerprint density at radius 2 is 1.96 bits per heavy atom. The predicted octanol–water partition coefficient (Wildman–Crippen LogP) is 3.85. The summed E-state index contributed by atoms with van der Waals surface area (Å²) >= 11 is 6.12. The van der Waals surface area contributed by atoms with Crippen LogP contribution in [-0.2, 0) is 20.9 Å². The normalized spacial score (nSPS) is 11.2. The van der Waals surface area contributed by atoms with E-state index in [0.717, 1.165) is 10.9 Å². The lowest BCUT2D eigenvalue weighted by Crippen LogP contribution is -2.33. The van der Waals surface area contributed by atoms with Crippen LogP contribution >= 0.6 is 11.6 Å². The molecule has 0 bridgehead atoms. The largest absolute Gasteiger partial charge is 0.461 e. The minimum absolute atomic E-state index is 0.0297. The Morgan fingerprint density at radius 3 is 2.68 bits per heavy atom. The number of amides is 1. The van der Waals surface area contributed by atoms with Crippen molar-refractivity contribution in [1.82, 2.24) is 10.3 Å². The van der Waals surface area contributed by atoms with E-state index in [-0.39, 0.29) is 19.6 Å². The standard InChI is InChI=1S/C18H21ClN2O4/c1-18(2,3)25-17(23)20-9-8-15(22)24-11-13-10-12-6-4-5-7-14(12)21-16(13)19/h4-7,10H,8-9,11H2,1-3H3,(H,20,23). The molecule has 7 heteroatoms. The molecule has 1 N–H and O–H groups in total. The molecule has 134 valence electrons. The lowest BCUT2D eigenvalue weighted by atomic mass is 10.2. The van der Waals surface area contributed by atoms with E-state index in [9.17, 15) is 9.59 Å². The number of alkyl carbamates (subject to hydrolysis) is 1. The number of nitrogens with zero attached hydrogens (tertiary/aromatic N) is 1. The van der Waals surface area contributed by atoms with E-state index in [0.29, 0.717) is 10.7 Å². The summed E-state index contributed by atoms with van der Waals surface area (Å²) in [4.78, 5) is 27.5. The Labute approximate surface area is 151 Å². The maximum absolute atomic E-state index is 11.8. The number of fused-ring (bicyclic) bond motifs is 1. The zero-order chi connectivity index (χ0) is 18.4. The fourth-order valence-electron chi connectivity index (χ4n) is 2.05. The highest BCUT2D eigenvalue weighted by Crippen LogP contribution is 2.21. The van der Waals surface area contributed by atoms with Gasteiger partial charge in [-0.2, -0.15) is 0 Å². The summed E-state index contributed by atoms with van der Waals surface area (Å²) in [6, 6.07) is 9.39. The zero-order valence-corrected chi connectivity index (χ0v) is 15.2. The van der Waals surface area contributed by atoms with E-state index in [1.807, 2.05) is 30.3 Å². The third kappa shape index (κ3) is 6.23. The van der Waals surface area contributed by atoms with Crippen molar-refractivity contribution in [3.05, 3.63) is 41.0 Å². The Hall–Kier alpha value is -2.34. The summed E-state index contributed by atoms with van der Waals surface area (Å²) < 4.78 is 10.3. The van der Waals surface area contributed by atoms with Crippen molar-refractivity contribution in [1.29, 1.82) is 0 Å². The third-order valence-corrected chi connectivity index (χ3v) is 3.46. The van der Waals surface area contributed by atoms with Crippen LogP contribution in [0.2, 0.25) is 5.15 Å². The minimum atomic E-state index is -0.579. The number of halogens is 1. The van der Waals surface area contributed by atoms with Crippen LogP contribution in [-0.4, -0.2) is 29.2 Å². The van der Waals surface area contributed by atoms with Crippen LogP contribution in [0.1, 0.15) is 32.8 Å². The maximum Gasteiger partial charge on any atom is 0.407 e. The van der Waals surface area contributed by atoms with E-state index >= 15 is 0 Å². The molecule has 0 spiro atoms. The molecule has 0 aliphatic heterocycles. The predicted molar refractivity (Wildman–Crippen MR) is 95.4 cm³/mol. The zero-order valence-electron chi connectivity index (χ0n) is 14.5. The molecule has 0 unspecified atom stereocenters. The van der Waals surface area contributed by atoms with E-state index in [4.69, 9.17) is 21.1 Å². The highest BCUT2D eigenvalue weighted by atomic mass is 35.5. The van der Waals surface area contributed by atoms with Crippen LogP contribution in [0, 0.1) is 0 Å². The number of esters is 1. The first-order chi connectivity index (χ1) is 11.7. The fraction of sp³-hybridized carbons (Fsp3) is 0.389. The van der Waals surface area contributed by atoms with Crippen LogP contribution in [0.15, 0.2) is 30.3 Å². The van der Waals surface area contributed by atoms with E-state index in [1.165, 1.54) is 0 Å². The second-order valence-electron chi connectivity index (χ2n) is 6.47. The first-order valence-corrected chi connectivity index (χ1v) is 8.29. The molecule has 0 aliphatic carbocycles. The summed E-state index contributed by atoms with van der Waals surface area (Å²) in [5.41, 5.74) is 0.836. The van der Waals surface area contributed by atoms with Gasteiger partial charge >= 0.3 is 12.1 Å². The van der Waals surface area contributed by atoms with E-state index in [2.05, 4.69) is 10.3 Å². The van der Waals surface area contributed by atoms with Gasteiger partial charge < -0.3 is 14.8 Å². The highest BCUT2D eigenvalue weighted by Gasteiger charge is 2.16. The van der Waals surface area contributed by atoms with Crippen molar-refractivity contribution in [2.75, 3.05) is 6.54 Å². The topological polar surface area (TPSA) is 77.5 Å². The van der Waals surface area contributed by atoms with Gasteiger partial charge in [-0.25, -0.2) is 9.78 Å². The summed E-state index contributed by atoms with van der Waals surface area (Å²) in [5, 5.41) is 3.73. The monoisotopic (exact) mass is 364 g/mol. The second-order valence-corrected chi connectivity index (χ2v) is 6.83. The smallest absolute Gasteiger partial charge is 0.407 e. The number of hydrogen-bond acceptors (Lipinski definition) is 5. The molecule has 0 aliphatic rings. The lowest BCUT2D eigenvalue weighted by molar-refractivity contribution is -0.144. The molecule has 1 amide bonds. The quantitative estimate of drug-likeness (QED) is 0.644. The van der Waals surface area contributed by atoms with Crippen LogP contribution in [0.5, 0.6) is 0 Å². The number of nitrogens with one attached hydrogen (secondary N) is 1. The minimum Gasteiger partial charge on any atom is -0.461 e. The number of rotatable bonds is 5. The van der Waals surface area contributed by atoms with Gasteiger partial charge in [0.2, 0.25) is 0 Å². The molecular formula is C18H21ClN2O4. The van der Waals surface area contributed by atoms with Gasteiger partial charge in [0.25, 0.3) is 0 Å². The Balaban J connectivity index is 1.80. The SMILES string of the molecule is CC(C)(C)OC(=O)NCCC(=O)OCc1cc2ccccc2nc1Cl. The fourth-order valence-corrected chi connectivity index (χ4v) is 2.25. The van der Waals surface area contributed by atoms with Gasteiger partial charge in [0.15, 0.2) is 0 Å². The molecule has 0 radical (unpaired) electrons. The van der Waals surface area contributed by atoms with Crippen LogP contribution in [0.25, 0.3) is 10.9 Å². The molecule has 6 nitrogen and oxygen atoms in total. The summed E-state index contributed by atoms with van der Waals surface area (Å²) in [7, 11) is 0. The Kier molecular flexibility index (Phi) is 6.20. The lowest BCUT2D eigenvalue weighted by Gasteiger charge is -2.19. The number of carbonyl (C=O) groups excluding carboxylic acids is 2. The summed E-state index contributed by atoms with van der Waals surface area (Å²) in [5.74, 6) is -0.444. The Bertz CT molecular complexity index is 771. The molecule has 2 aromatic rings. The number of para-hydroxylation sites is 1. The number of aromatic nitrogens is 1. The van der Waals surface area contributed by atoms with Crippen LogP contribution < -0.4 is 5.32 Å². The number of pyridine rings is 1. The third-order valence-electron chi connectivity index (χ3n) is 3.14. The van der Waals surface area contributed by atoms with Gasteiger partial charge in [-0.3, -0.25) is 4.79 Å². The van der Waals surface area contributed by atoms with Crippen molar-refractivity contribution in [3.8, 4) is 0 Å². The van der Waals surface area contributed by atoms with Crippen molar-refractivity contribution in [3.63, 3.8) is 0 Å². The molecule has 0 atom stereocenters. The number of benzene rings is 1. The van der Waals surface area contributed by atoms with Crippen molar-refractivity contribution in [2.45, 2.75) is 39.4 Å². The molecule has 0 saturated heterocycles. The highest BCUT2D eigenvalue weighted by molar-refractivity contribution is 6.30. The first-order valence-electron chi connectivity index (χ1n) is 7.91. The average molecular weight is 365 g/mol. The first kappa shape index (κ1) is 19.0. The maximum atomic E-state index is 11.8. The number of carbonyl (C=O) groups is 2. The Morgan fingerprint density at radius 1 is 1.24 bits per heavy atom. The number of hydrogen-bond donors (Lipinski definition) is 1. The molecule has 1 heterocycles. The molecule has 25 heavy (non-hydrogen) atoms. The second kappa shape index (κ2) is 8.16. The average Bonchev–Trinajstić information content (AvgIpc) is 2.51. The van der Waals surface area contributed by atoms with Gasteiger partial charge in [0, 0.05) is 17.5 Å².